The molecule has 4 aliphatic heterocycles. The zero-order chi connectivity index (χ0) is 51.9. The summed E-state index contributed by atoms with van der Waals surface area (Å²) >= 11 is 0. The second kappa shape index (κ2) is 26.2. The van der Waals surface area contributed by atoms with Crippen molar-refractivity contribution in [2.24, 2.45) is 0 Å². The number of anilines is 5. The van der Waals surface area contributed by atoms with Gasteiger partial charge in [0.05, 0.1) is 81.8 Å². The number of hydrogen-bond donors (Lipinski definition) is 2. The average molecular weight is 1000 g/mol. The van der Waals surface area contributed by atoms with Crippen LogP contribution in [0.1, 0.15) is 90.4 Å². The summed E-state index contributed by atoms with van der Waals surface area (Å²) in [5.74, 6) is 1.82. The minimum atomic E-state index is -0.0841. The van der Waals surface area contributed by atoms with Gasteiger partial charge in [-0.2, -0.15) is 0 Å². The van der Waals surface area contributed by atoms with Crippen molar-refractivity contribution in [2.45, 2.75) is 85.6 Å². The van der Waals surface area contributed by atoms with Crippen molar-refractivity contribution in [2.75, 3.05) is 106 Å². The number of hydrogen-bond acceptors (Lipinski definition) is 13. The van der Waals surface area contributed by atoms with Crippen molar-refractivity contribution in [3.8, 4) is 23.0 Å². The molecule has 0 aliphatic carbocycles. The first-order valence-corrected chi connectivity index (χ1v) is 25.7. The number of methoxy groups -OCH3 is 3. The number of carbonyl (C=O) groups excluding carboxylic acids is 3. The zero-order valence-corrected chi connectivity index (χ0v) is 43.8. The number of rotatable bonds is 22. The van der Waals surface area contributed by atoms with E-state index in [9.17, 15) is 14.4 Å². The predicted molar refractivity (Wildman–Crippen MR) is 288 cm³/mol. The fourth-order valence-corrected chi connectivity index (χ4v) is 9.77. The van der Waals surface area contributed by atoms with Crippen LogP contribution < -0.4 is 44.3 Å². The number of nitrogens with zero attached hydrogens (tertiary/aromatic N) is 3. The topological polar surface area (TPSA) is 150 Å². The molecule has 15 heteroatoms. The molecule has 5 aromatic rings. The van der Waals surface area contributed by atoms with Gasteiger partial charge in [0.25, 0.3) is 11.8 Å². The monoisotopic (exact) mass is 1000 g/mol. The van der Waals surface area contributed by atoms with E-state index in [2.05, 4.69) is 39.8 Å². The molecule has 0 radical (unpaired) electrons. The lowest BCUT2D eigenvalue weighted by molar-refractivity contribution is -0.117. The van der Waals surface area contributed by atoms with Crippen molar-refractivity contribution in [1.82, 2.24) is 0 Å². The van der Waals surface area contributed by atoms with Crippen LogP contribution in [-0.2, 0) is 45.1 Å². The number of ether oxygens (including phenoxy) is 7. The van der Waals surface area contributed by atoms with Gasteiger partial charge < -0.3 is 63.3 Å². The van der Waals surface area contributed by atoms with Gasteiger partial charge in [-0.1, -0.05) is 64.1 Å². The Balaban J connectivity index is 0.00000190. The minimum absolute atomic E-state index is 0.0144. The largest absolute Gasteiger partial charge is 0.493 e. The Kier molecular flexibility index (Phi) is 19.4. The molecular formula is C58H73N5O10. The number of para-hydroxylation sites is 2. The molecule has 2 amide bonds. The third-order valence-electron chi connectivity index (χ3n) is 13.2. The summed E-state index contributed by atoms with van der Waals surface area (Å²) in [7, 11) is 4.79. The summed E-state index contributed by atoms with van der Waals surface area (Å²) in [6.07, 6.45) is 2.66. The van der Waals surface area contributed by atoms with Gasteiger partial charge in [-0.15, -0.1) is 0 Å². The van der Waals surface area contributed by atoms with Crippen LogP contribution in [0.2, 0.25) is 0 Å². The SMILES string of the molecule is CC.CC.COCCOCCOCCN(CCCC(C)=O)c1cc(COc2cc3c(cc2OC)C(=O)N2c4ccccc4CC2CN3)cc(COc2cc3c(cc2OC)C(=O)N2c4ccccc4C[C@H]2CN3)c1. The summed E-state index contributed by atoms with van der Waals surface area (Å²) in [6.45, 7) is 14.6. The summed E-state index contributed by atoms with van der Waals surface area (Å²) in [6, 6.07) is 29.5. The third kappa shape index (κ3) is 12.7. The molecule has 2 N–H and O–H groups in total. The molecule has 0 spiro atoms. The molecule has 2 atom stereocenters. The molecular weight excluding hydrogens is 927 g/mol. The van der Waals surface area contributed by atoms with Crippen LogP contribution in [0.4, 0.5) is 28.4 Å². The van der Waals surface area contributed by atoms with Gasteiger partial charge in [0.15, 0.2) is 23.0 Å². The lowest BCUT2D eigenvalue weighted by atomic mass is 10.1. The van der Waals surface area contributed by atoms with E-state index in [1.807, 2.05) is 92.1 Å². The molecule has 0 fully saturated rings. The first kappa shape index (κ1) is 54.0. The Morgan fingerprint density at radius 1 is 0.603 bits per heavy atom. The van der Waals surface area contributed by atoms with Gasteiger partial charge in [-0.3, -0.25) is 9.59 Å². The predicted octanol–water partition coefficient (Wildman–Crippen LogP) is 9.76. The Morgan fingerprint density at radius 3 is 1.56 bits per heavy atom. The molecule has 0 aromatic heterocycles. The summed E-state index contributed by atoms with van der Waals surface area (Å²) in [4.78, 5) is 46.4. The van der Waals surface area contributed by atoms with E-state index >= 15 is 0 Å². The lowest BCUT2D eigenvalue weighted by Crippen LogP contribution is -2.39. The Morgan fingerprint density at radius 2 is 1.08 bits per heavy atom. The zero-order valence-electron chi connectivity index (χ0n) is 43.8. The minimum Gasteiger partial charge on any atom is -0.493 e. The van der Waals surface area contributed by atoms with Crippen molar-refractivity contribution in [3.63, 3.8) is 0 Å². The number of Topliss-reactive ketones (excluding diaryl/α,β-unsaturated/α-hetero) is 1. The molecule has 0 saturated heterocycles. The van der Waals surface area contributed by atoms with E-state index in [4.69, 9.17) is 33.2 Å². The Bertz CT molecular complexity index is 2520. The van der Waals surface area contributed by atoms with Crippen LogP contribution in [0.15, 0.2) is 91.0 Å². The maximum Gasteiger partial charge on any atom is 0.260 e. The average Bonchev–Trinajstić information content (AvgIpc) is 3.91. The molecule has 1 unspecified atom stereocenters. The van der Waals surface area contributed by atoms with Crippen molar-refractivity contribution >= 4 is 46.0 Å². The van der Waals surface area contributed by atoms with Gasteiger partial charge in [0.1, 0.15) is 19.0 Å². The first-order chi connectivity index (χ1) is 35.7. The smallest absolute Gasteiger partial charge is 0.260 e. The van der Waals surface area contributed by atoms with Gasteiger partial charge in [0.2, 0.25) is 0 Å². The number of fused-ring (bicyclic) bond motifs is 8. The molecule has 0 saturated carbocycles. The Labute approximate surface area is 431 Å². The molecule has 5 aromatic carbocycles. The molecule has 390 valence electrons. The molecule has 73 heavy (non-hydrogen) atoms. The summed E-state index contributed by atoms with van der Waals surface area (Å²) in [5, 5.41) is 7.06. The summed E-state index contributed by atoms with van der Waals surface area (Å²) < 4.78 is 41.6. The number of ketones is 1. The van der Waals surface area contributed by atoms with Crippen LogP contribution >= 0.6 is 0 Å². The fourth-order valence-electron chi connectivity index (χ4n) is 9.77. The second-order valence-corrected chi connectivity index (χ2v) is 17.8. The molecule has 15 nitrogen and oxygen atoms in total. The number of benzene rings is 5. The number of amides is 2. The van der Waals surface area contributed by atoms with Crippen LogP contribution in [0.25, 0.3) is 0 Å². The van der Waals surface area contributed by atoms with E-state index in [-0.39, 0.29) is 42.9 Å². The van der Waals surface area contributed by atoms with Crippen molar-refractivity contribution in [1.29, 1.82) is 0 Å². The highest BCUT2D eigenvalue weighted by Gasteiger charge is 2.39. The quantitative estimate of drug-likeness (QED) is 0.0635. The van der Waals surface area contributed by atoms with Crippen LogP contribution in [-0.4, -0.2) is 110 Å². The van der Waals surface area contributed by atoms with Crippen LogP contribution in [0.3, 0.4) is 0 Å². The molecule has 9 rings (SSSR count). The van der Waals surface area contributed by atoms with Crippen molar-refractivity contribution < 1.29 is 47.5 Å². The number of nitrogens with one attached hydrogen (secondary N) is 2. The van der Waals surface area contributed by atoms with Gasteiger partial charge in [-0.25, -0.2) is 0 Å². The van der Waals surface area contributed by atoms with E-state index in [0.29, 0.717) is 118 Å². The van der Waals surface area contributed by atoms with Crippen LogP contribution in [0.5, 0.6) is 23.0 Å². The van der Waals surface area contributed by atoms with Gasteiger partial charge in [-0.05, 0) is 90.9 Å². The standard InChI is InChI=1S/C54H61N5O10.2C2H6/c1-35(60)10-9-15-57(16-17-66-20-21-67-19-18-63-2)40-23-36(33-68-51-29-45-43(27-49(51)64-3)53(61)58-41(31-55-45)25-38-11-5-7-13-47(38)58)22-37(24-40)34-69-52-30-46-44(28-50(52)65-4)54(62)59-42(32-56-46)26-39-12-6-8-14-48(39)59;2*1-2/h5-8,11-14,22-24,27-30,41-42,55-56H,9-10,15-21,25-26,31-34H2,1-4H3;2*1-2H3/t41-,42?;;/m0../s1. The first-order valence-electron chi connectivity index (χ1n) is 25.7. The highest BCUT2D eigenvalue weighted by molar-refractivity contribution is 6.13. The van der Waals surface area contributed by atoms with Crippen LogP contribution in [0, 0.1) is 0 Å². The van der Waals surface area contributed by atoms with E-state index in [1.54, 1.807) is 40.4 Å². The Hall–Kier alpha value is -6.81. The van der Waals surface area contributed by atoms with Crippen molar-refractivity contribution in [3.05, 3.63) is 124 Å². The number of carbonyl (C=O) groups is 3. The molecule has 0 bridgehead atoms. The third-order valence-corrected chi connectivity index (χ3v) is 13.2. The maximum absolute atomic E-state index is 14.1. The maximum atomic E-state index is 14.1. The normalized spacial score (nSPS) is 15.7. The van der Waals surface area contributed by atoms with E-state index < -0.39 is 0 Å². The van der Waals surface area contributed by atoms with Gasteiger partial charge >= 0.3 is 0 Å². The lowest BCUT2D eigenvalue weighted by Gasteiger charge is -2.26. The molecule has 4 aliphatic rings. The van der Waals surface area contributed by atoms with Gasteiger partial charge in [0, 0.05) is 68.9 Å². The fraction of sp³-hybridized carbons (Fsp3) is 0.431. The summed E-state index contributed by atoms with van der Waals surface area (Å²) in [5.41, 5.74) is 9.21. The van der Waals surface area contributed by atoms with E-state index in [1.165, 1.54) is 0 Å². The second-order valence-electron chi connectivity index (χ2n) is 17.8. The molecule has 4 heterocycles. The highest BCUT2D eigenvalue weighted by atomic mass is 16.5. The highest BCUT2D eigenvalue weighted by Crippen LogP contribution is 2.43. The van der Waals surface area contributed by atoms with E-state index in [0.717, 1.165) is 52.2 Å².